The van der Waals surface area contributed by atoms with E-state index in [0.717, 1.165) is 12.8 Å². The van der Waals surface area contributed by atoms with Crippen molar-refractivity contribution in [2.75, 3.05) is 19.6 Å². The number of carbonyl (C=O) groups excluding carboxylic acids is 3. The number of likely N-dealkylation sites (tertiary alicyclic amines) is 1. The molecule has 1 saturated heterocycles. The maximum absolute atomic E-state index is 12.4. The fraction of sp³-hybridized carbons (Fsp3) is 0.550. The Morgan fingerprint density at radius 3 is 2.36 bits per heavy atom. The molecule has 2 rings (SSSR count). The highest BCUT2D eigenvalue weighted by atomic mass is 35.5. The van der Waals surface area contributed by atoms with Crippen LogP contribution in [0.25, 0.3) is 0 Å². The fourth-order valence-corrected chi connectivity index (χ4v) is 3.84. The van der Waals surface area contributed by atoms with Crippen molar-refractivity contribution in [2.24, 2.45) is 5.92 Å². The SMILES string of the molecule is CCC(CC)C(=O)N1CCC(NC(=O)CNC(=O)c2ccc(Cl)cc2Cl)CC1. The van der Waals surface area contributed by atoms with E-state index in [9.17, 15) is 14.4 Å². The first-order chi connectivity index (χ1) is 13.3. The molecule has 8 heteroatoms. The van der Waals surface area contributed by atoms with Gasteiger partial charge in [0, 0.05) is 30.1 Å². The number of hydrogen-bond donors (Lipinski definition) is 2. The van der Waals surface area contributed by atoms with Crippen molar-refractivity contribution in [3.8, 4) is 0 Å². The summed E-state index contributed by atoms with van der Waals surface area (Å²) in [6.45, 7) is 5.22. The van der Waals surface area contributed by atoms with Crippen molar-refractivity contribution in [1.29, 1.82) is 0 Å². The van der Waals surface area contributed by atoms with Crippen molar-refractivity contribution >= 4 is 40.9 Å². The fourth-order valence-electron chi connectivity index (χ4n) is 3.35. The normalized spacial score (nSPS) is 14.8. The first-order valence-electron chi connectivity index (χ1n) is 9.67. The molecule has 1 aromatic rings. The Hall–Kier alpha value is -1.79. The summed E-state index contributed by atoms with van der Waals surface area (Å²) in [4.78, 5) is 38.6. The lowest BCUT2D eigenvalue weighted by atomic mass is 9.98. The number of nitrogens with zero attached hydrogens (tertiary/aromatic N) is 1. The average molecular weight is 428 g/mol. The van der Waals surface area contributed by atoms with E-state index in [1.54, 1.807) is 6.07 Å². The number of piperidine rings is 1. The van der Waals surface area contributed by atoms with Crippen LogP contribution in [0.5, 0.6) is 0 Å². The topological polar surface area (TPSA) is 78.5 Å². The summed E-state index contributed by atoms with van der Waals surface area (Å²) in [6.07, 6.45) is 3.13. The predicted molar refractivity (Wildman–Crippen MR) is 111 cm³/mol. The molecule has 1 aliphatic heterocycles. The van der Waals surface area contributed by atoms with Crippen LogP contribution < -0.4 is 10.6 Å². The highest BCUT2D eigenvalue weighted by Crippen LogP contribution is 2.21. The number of carbonyl (C=O) groups is 3. The number of amides is 3. The van der Waals surface area contributed by atoms with E-state index in [1.165, 1.54) is 12.1 Å². The van der Waals surface area contributed by atoms with Gasteiger partial charge in [-0.2, -0.15) is 0 Å². The molecule has 3 amide bonds. The molecule has 6 nitrogen and oxygen atoms in total. The molecule has 0 saturated carbocycles. The van der Waals surface area contributed by atoms with Gasteiger partial charge in [-0.25, -0.2) is 0 Å². The van der Waals surface area contributed by atoms with Gasteiger partial charge in [0.15, 0.2) is 0 Å². The van der Waals surface area contributed by atoms with Gasteiger partial charge in [0.25, 0.3) is 5.91 Å². The number of rotatable bonds is 7. The van der Waals surface area contributed by atoms with Crippen LogP contribution in [0.1, 0.15) is 49.9 Å². The lowest BCUT2D eigenvalue weighted by molar-refractivity contribution is -0.137. The lowest BCUT2D eigenvalue weighted by Crippen LogP contribution is -2.49. The second kappa shape index (κ2) is 10.7. The van der Waals surface area contributed by atoms with Gasteiger partial charge in [0.2, 0.25) is 11.8 Å². The summed E-state index contributed by atoms with van der Waals surface area (Å²) in [5, 5.41) is 6.16. The zero-order chi connectivity index (χ0) is 20.7. The predicted octanol–water partition coefficient (Wildman–Crippen LogP) is 3.27. The quantitative estimate of drug-likeness (QED) is 0.700. The van der Waals surface area contributed by atoms with Crippen LogP contribution in [0.3, 0.4) is 0 Å². The Morgan fingerprint density at radius 2 is 1.79 bits per heavy atom. The van der Waals surface area contributed by atoms with Crippen LogP contribution in [-0.4, -0.2) is 48.3 Å². The van der Waals surface area contributed by atoms with Gasteiger partial charge in [0.05, 0.1) is 17.1 Å². The zero-order valence-electron chi connectivity index (χ0n) is 16.3. The van der Waals surface area contributed by atoms with Crippen LogP contribution in [0.15, 0.2) is 18.2 Å². The third kappa shape index (κ3) is 6.11. The minimum Gasteiger partial charge on any atom is -0.352 e. The van der Waals surface area contributed by atoms with Crippen molar-refractivity contribution in [1.82, 2.24) is 15.5 Å². The molecule has 1 fully saturated rings. The maximum atomic E-state index is 12.4. The van der Waals surface area contributed by atoms with E-state index in [0.29, 0.717) is 31.0 Å². The highest BCUT2D eigenvalue weighted by molar-refractivity contribution is 6.36. The molecule has 28 heavy (non-hydrogen) atoms. The van der Waals surface area contributed by atoms with Gasteiger partial charge in [-0.05, 0) is 43.9 Å². The Balaban J connectivity index is 1.75. The van der Waals surface area contributed by atoms with E-state index < -0.39 is 5.91 Å². The zero-order valence-corrected chi connectivity index (χ0v) is 17.8. The molecule has 0 aromatic heterocycles. The maximum Gasteiger partial charge on any atom is 0.253 e. The molecular weight excluding hydrogens is 401 g/mol. The Kier molecular flexibility index (Phi) is 8.58. The molecule has 0 radical (unpaired) electrons. The molecule has 154 valence electrons. The van der Waals surface area contributed by atoms with Gasteiger partial charge < -0.3 is 15.5 Å². The Morgan fingerprint density at radius 1 is 1.14 bits per heavy atom. The second-order valence-corrected chi connectivity index (χ2v) is 7.83. The van der Waals surface area contributed by atoms with Crippen LogP contribution in [0.4, 0.5) is 0 Å². The lowest BCUT2D eigenvalue weighted by Gasteiger charge is -2.34. The summed E-state index contributed by atoms with van der Waals surface area (Å²) in [7, 11) is 0. The van der Waals surface area contributed by atoms with E-state index in [1.807, 2.05) is 18.7 Å². The van der Waals surface area contributed by atoms with Crippen molar-refractivity contribution in [2.45, 2.75) is 45.6 Å². The minimum absolute atomic E-state index is 0.00859. The molecule has 2 N–H and O–H groups in total. The van der Waals surface area contributed by atoms with E-state index in [2.05, 4.69) is 10.6 Å². The smallest absolute Gasteiger partial charge is 0.253 e. The molecule has 0 unspecified atom stereocenters. The monoisotopic (exact) mass is 427 g/mol. The van der Waals surface area contributed by atoms with E-state index in [-0.39, 0.29) is 40.9 Å². The number of benzene rings is 1. The molecule has 0 bridgehead atoms. The minimum atomic E-state index is -0.428. The highest BCUT2D eigenvalue weighted by Gasteiger charge is 2.27. The van der Waals surface area contributed by atoms with Crippen LogP contribution in [-0.2, 0) is 9.59 Å². The van der Waals surface area contributed by atoms with Gasteiger partial charge in [-0.15, -0.1) is 0 Å². The molecule has 0 atom stereocenters. The Labute approximate surface area is 175 Å². The van der Waals surface area contributed by atoms with Crippen LogP contribution >= 0.6 is 23.2 Å². The van der Waals surface area contributed by atoms with Gasteiger partial charge >= 0.3 is 0 Å². The van der Waals surface area contributed by atoms with E-state index in [4.69, 9.17) is 23.2 Å². The molecule has 1 aromatic carbocycles. The first-order valence-corrected chi connectivity index (χ1v) is 10.4. The average Bonchev–Trinajstić information content (AvgIpc) is 2.67. The Bertz CT molecular complexity index is 715. The molecule has 1 aliphatic rings. The number of hydrogen-bond acceptors (Lipinski definition) is 3. The van der Waals surface area contributed by atoms with Crippen molar-refractivity contribution in [3.05, 3.63) is 33.8 Å². The summed E-state index contributed by atoms with van der Waals surface area (Å²) in [6, 6.07) is 4.58. The molecule has 1 heterocycles. The first kappa shape index (κ1) is 22.5. The van der Waals surface area contributed by atoms with E-state index >= 15 is 0 Å². The van der Waals surface area contributed by atoms with Crippen LogP contribution in [0.2, 0.25) is 10.0 Å². The summed E-state index contributed by atoms with van der Waals surface area (Å²) in [5.41, 5.74) is 0.270. The van der Waals surface area contributed by atoms with Gasteiger partial charge in [-0.1, -0.05) is 37.0 Å². The third-order valence-corrected chi connectivity index (χ3v) is 5.64. The second-order valence-electron chi connectivity index (χ2n) is 6.99. The molecular formula is C20H27Cl2N3O3. The number of nitrogens with one attached hydrogen (secondary N) is 2. The number of halogens is 2. The van der Waals surface area contributed by atoms with Crippen molar-refractivity contribution in [3.63, 3.8) is 0 Å². The summed E-state index contributed by atoms with van der Waals surface area (Å²) >= 11 is 11.8. The molecule has 0 spiro atoms. The summed E-state index contributed by atoms with van der Waals surface area (Å²) in [5.74, 6) is -0.395. The standard InChI is InChI=1S/C20H27Cl2N3O3/c1-3-13(4-2)20(28)25-9-7-15(8-10-25)24-18(26)12-23-19(27)16-6-5-14(21)11-17(16)22/h5-6,11,13,15H,3-4,7-10,12H2,1-2H3,(H,23,27)(H,24,26). The largest absolute Gasteiger partial charge is 0.352 e. The summed E-state index contributed by atoms with van der Waals surface area (Å²) < 4.78 is 0. The van der Waals surface area contributed by atoms with Crippen LogP contribution in [0, 0.1) is 5.92 Å². The third-order valence-electron chi connectivity index (χ3n) is 5.09. The molecule has 0 aliphatic carbocycles. The van der Waals surface area contributed by atoms with Gasteiger partial charge in [-0.3, -0.25) is 14.4 Å². The van der Waals surface area contributed by atoms with Gasteiger partial charge in [0.1, 0.15) is 0 Å². The van der Waals surface area contributed by atoms with Crippen molar-refractivity contribution < 1.29 is 14.4 Å².